The van der Waals surface area contributed by atoms with E-state index in [2.05, 4.69) is 5.16 Å². The number of hydrogen-bond donors (Lipinski definition) is 1. The molecule has 20 heavy (non-hydrogen) atoms. The van der Waals surface area contributed by atoms with Gasteiger partial charge >= 0.3 is 0 Å². The lowest BCUT2D eigenvalue weighted by Crippen LogP contribution is -2.44. The number of likely N-dealkylation sites (tertiary alicyclic amines) is 1. The van der Waals surface area contributed by atoms with Crippen molar-refractivity contribution in [1.82, 2.24) is 4.90 Å². The van der Waals surface area contributed by atoms with Crippen LogP contribution >= 0.6 is 11.6 Å². The molecule has 1 fully saturated rings. The van der Waals surface area contributed by atoms with Crippen molar-refractivity contribution in [2.24, 2.45) is 11.1 Å². The average molecular weight is 295 g/mol. The number of nitrogens with zero attached hydrogens (tertiary/aromatic N) is 2. The summed E-state index contributed by atoms with van der Waals surface area (Å²) in [5.41, 5.74) is 2.36. The van der Waals surface area contributed by atoms with Crippen molar-refractivity contribution in [1.29, 1.82) is 0 Å². The summed E-state index contributed by atoms with van der Waals surface area (Å²) in [6, 6.07) is 5.38. The highest BCUT2D eigenvalue weighted by atomic mass is 35.5. The van der Waals surface area contributed by atoms with E-state index in [1.165, 1.54) is 0 Å². The van der Waals surface area contributed by atoms with Crippen LogP contribution in [0, 0.1) is 12.8 Å². The maximum atomic E-state index is 12.5. The van der Waals surface area contributed by atoms with Crippen LogP contribution in [0.25, 0.3) is 0 Å². The van der Waals surface area contributed by atoms with Gasteiger partial charge in [-0.25, -0.2) is 0 Å². The number of rotatable bonds is 2. The molecular formula is C15H19ClN2O2. The highest BCUT2D eigenvalue weighted by molar-refractivity contribution is 6.31. The number of piperidine rings is 1. The minimum atomic E-state index is -0.0117. The van der Waals surface area contributed by atoms with E-state index in [9.17, 15) is 4.79 Å². The minimum absolute atomic E-state index is 0.0117. The first-order valence-electron chi connectivity index (χ1n) is 6.83. The first-order valence-corrected chi connectivity index (χ1v) is 7.20. The van der Waals surface area contributed by atoms with Crippen LogP contribution in [0.5, 0.6) is 0 Å². The molecule has 1 atom stereocenters. The second-order valence-electron chi connectivity index (χ2n) is 5.16. The zero-order valence-electron chi connectivity index (χ0n) is 11.8. The lowest BCUT2D eigenvalue weighted by molar-refractivity contribution is 0.0729. The van der Waals surface area contributed by atoms with Gasteiger partial charge in [0.2, 0.25) is 0 Å². The number of aryl methyl sites for hydroxylation is 1. The van der Waals surface area contributed by atoms with Crippen LogP contribution in [0.1, 0.15) is 35.7 Å². The Kier molecular flexibility index (Phi) is 4.65. The quantitative estimate of drug-likeness (QED) is 0.672. The van der Waals surface area contributed by atoms with Crippen LogP contribution in [0.4, 0.5) is 0 Å². The molecule has 4 nitrogen and oxygen atoms in total. The van der Waals surface area contributed by atoms with E-state index in [0.29, 0.717) is 30.1 Å². The predicted octanol–water partition coefficient (Wildman–Crippen LogP) is 3.35. The third-order valence-electron chi connectivity index (χ3n) is 3.88. The molecule has 0 radical (unpaired) electrons. The van der Waals surface area contributed by atoms with Crippen molar-refractivity contribution in [2.45, 2.75) is 26.7 Å². The van der Waals surface area contributed by atoms with Gasteiger partial charge in [-0.3, -0.25) is 4.79 Å². The van der Waals surface area contributed by atoms with E-state index in [4.69, 9.17) is 16.8 Å². The first kappa shape index (κ1) is 14.9. The maximum absolute atomic E-state index is 12.5. The number of hydrogen-bond acceptors (Lipinski definition) is 3. The predicted molar refractivity (Wildman–Crippen MR) is 79.7 cm³/mol. The molecule has 0 bridgehead atoms. The third-order valence-corrected chi connectivity index (χ3v) is 4.28. The van der Waals surface area contributed by atoms with Gasteiger partial charge in [-0.2, -0.15) is 0 Å². The summed E-state index contributed by atoms with van der Waals surface area (Å²) in [5, 5.41) is 12.9. The van der Waals surface area contributed by atoms with Crippen molar-refractivity contribution >= 4 is 23.2 Å². The molecule has 1 aromatic carbocycles. The topological polar surface area (TPSA) is 52.9 Å². The highest BCUT2D eigenvalue weighted by Crippen LogP contribution is 2.22. The van der Waals surface area contributed by atoms with E-state index in [1.807, 2.05) is 24.8 Å². The van der Waals surface area contributed by atoms with Crippen molar-refractivity contribution < 1.29 is 10.0 Å². The molecule has 0 aromatic heterocycles. The number of carbonyl (C=O) groups excluding carboxylic acids is 1. The number of benzene rings is 1. The van der Waals surface area contributed by atoms with Crippen LogP contribution in [-0.4, -0.2) is 34.8 Å². The van der Waals surface area contributed by atoms with Crippen LogP contribution in [0.15, 0.2) is 23.4 Å². The molecule has 0 spiro atoms. The van der Waals surface area contributed by atoms with Gasteiger partial charge in [-0.15, -0.1) is 0 Å². The Labute approximate surface area is 124 Å². The Hall–Kier alpha value is -1.55. The molecule has 1 unspecified atom stereocenters. The smallest absolute Gasteiger partial charge is 0.253 e. The van der Waals surface area contributed by atoms with Gasteiger partial charge in [0, 0.05) is 36.0 Å². The van der Waals surface area contributed by atoms with Crippen LogP contribution in [-0.2, 0) is 0 Å². The zero-order chi connectivity index (χ0) is 14.7. The van der Waals surface area contributed by atoms with Gasteiger partial charge in [-0.05, 0) is 31.0 Å². The largest absolute Gasteiger partial charge is 0.411 e. The SMILES string of the molecule is CCC1CN(C(=O)c2ccc(C)c(Cl)c2)CC/C1=N\O. The maximum Gasteiger partial charge on any atom is 0.253 e. The summed E-state index contributed by atoms with van der Waals surface area (Å²) in [4.78, 5) is 14.3. The molecule has 5 heteroatoms. The van der Waals surface area contributed by atoms with E-state index in [1.54, 1.807) is 12.1 Å². The molecule has 1 heterocycles. The molecule has 1 N–H and O–H groups in total. The van der Waals surface area contributed by atoms with E-state index in [-0.39, 0.29) is 11.8 Å². The summed E-state index contributed by atoms with van der Waals surface area (Å²) >= 11 is 6.08. The standard InChI is InChI=1S/C15H19ClN2O2/c1-3-11-9-18(7-6-14(11)17-20)15(19)12-5-4-10(2)13(16)8-12/h4-5,8,11,20H,3,6-7,9H2,1-2H3/b17-14+. The van der Waals surface area contributed by atoms with Gasteiger partial charge in [0.1, 0.15) is 0 Å². The normalized spacial score (nSPS) is 21.2. The Bertz CT molecular complexity index is 543. The van der Waals surface area contributed by atoms with E-state index >= 15 is 0 Å². The van der Waals surface area contributed by atoms with Crippen LogP contribution in [0.2, 0.25) is 5.02 Å². The molecule has 0 aliphatic carbocycles. The monoisotopic (exact) mass is 294 g/mol. The fourth-order valence-electron chi connectivity index (χ4n) is 2.51. The van der Waals surface area contributed by atoms with Gasteiger partial charge in [0.25, 0.3) is 5.91 Å². The lowest BCUT2D eigenvalue weighted by atomic mass is 9.93. The van der Waals surface area contributed by atoms with Crippen molar-refractivity contribution in [3.8, 4) is 0 Å². The number of oxime groups is 1. The second kappa shape index (κ2) is 6.27. The van der Waals surface area contributed by atoms with Gasteiger partial charge < -0.3 is 10.1 Å². The third kappa shape index (κ3) is 2.96. The number of halogens is 1. The fourth-order valence-corrected chi connectivity index (χ4v) is 2.69. The second-order valence-corrected chi connectivity index (χ2v) is 5.57. The summed E-state index contributed by atoms with van der Waals surface area (Å²) in [5.74, 6) is 0.126. The Morgan fingerprint density at radius 3 is 2.90 bits per heavy atom. The lowest BCUT2D eigenvalue weighted by Gasteiger charge is -2.33. The van der Waals surface area contributed by atoms with Gasteiger partial charge in [-0.1, -0.05) is 29.7 Å². The number of amides is 1. The highest BCUT2D eigenvalue weighted by Gasteiger charge is 2.28. The summed E-state index contributed by atoms with van der Waals surface area (Å²) < 4.78 is 0. The Morgan fingerprint density at radius 1 is 1.55 bits per heavy atom. The van der Waals surface area contributed by atoms with E-state index < -0.39 is 0 Å². The Morgan fingerprint density at radius 2 is 2.30 bits per heavy atom. The van der Waals surface area contributed by atoms with Crippen molar-refractivity contribution in [2.75, 3.05) is 13.1 Å². The van der Waals surface area contributed by atoms with E-state index in [0.717, 1.165) is 17.7 Å². The molecule has 1 aliphatic rings. The summed E-state index contributed by atoms with van der Waals surface area (Å²) in [6.07, 6.45) is 1.48. The molecular weight excluding hydrogens is 276 g/mol. The summed E-state index contributed by atoms with van der Waals surface area (Å²) in [6.45, 7) is 5.13. The average Bonchev–Trinajstić information content (AvgIpc) is 2.48. The van der Waals surface area contributed by atoms with Gasteiger partial charge in [0.15, 0.2) is 0 Å². The van der Waals surface area contributed by atoms with Crippen LogP contribution < -0.4 is 0 Å². The fraction of sp³-hybridized carbons (Fsp3) is 0.467. The molecule has 1 amide bonds. The van der Waals surface area contributed by atoms with Crippen LogP contribution in [0.3, 0.4) is 0 Å². The molecule has 2 rings (SSSR count). The van der Waals surface area contributed by atoms with Crippen molar-refractivity contribution in [3.05, 3.63) is 34.3 Å². The summed E-state index contributed by atoms with van der Waals surface area (Å²) in [7, 11) is 0. The first-order chi connectivity index (χ1) is 9.56. The number of carbonyl (C=O) groups is 1. The molecule has 108 valence electrons. The molecule has 1 aliphatic heterocycles. The zero-order valence-corrected chi connectivity index (χ0v) is 12.5. The van der Waals surface area contributed by atoms with Gasteiger partial charge in [0.05, 0.1) is 5.71 Å². The Balaban J connectivity index is 2.15. The molecule has 0 saturated carbocycles. The minimum Gasteiger partial charge on any atom is -0.411 e. The van der Waals surface area contributed by atoms with Crippen molar-refractivity contribution in [3.63, 3.8) is 0 Å². The molecule has 1 saturated heterocycles. The molecule has 1 aromatic rings.